The summed E-state index contributed by atoms with van der Waals surface area (Å²) in [6.07, 6.45) is 1.51. The predicted molar refractivity (Wildman–Crippen MR) is 69.8 cm³/mol. The highest BCUT2D eigenvalue weighted by atomic mass is 35.5. The number of aromatic nitrogens is 2. The maximum Gasteiger partial charge on any atom is 0.325 e. The number of amides is 1. The summed E-state index contributed by atoms with van der Waals surface area (Å²) in [6, 6.07) is 2.90. The van der Waals surface area contributed by atoms with Gasteiger partial charge in [0.2, 0.25) is 0 Å². The molecule has 1 aromatic rings. The zero-order valence-electron chi connectivity index (χ0n) is 10.5. The van der Waals surface area contributed by atoms with Gasteiger partial charge in [-0.05, 0) is 19.1 Å². The summed E-state index contributed by atoms with van der Waals surface area (Å²) in [7, 11) is 0. The number of nitrogens with zero attached hydrogens (tertiary/aromatic N) is 3. The van der Waals surface area contributed by atoms with E-state index in [1.807, 2.05) is 0 Å². The van der Waals surface area contributed by atoms with E-state index < -0.39 is 11.9 Å². The number of rotatable bonds is 6. The lowest BCUT2D eigenvalue weighted by molar-refractivity contribution is -0.143. The van der Waals surface area contributed by atoms with Crippen molar-refractivity contribution >= 4 is 23.5 Å². The maximum absolute atomic E-state index is 12.1. The van der Waals surface area contributed by atoms with E-state index in [2.05, 4.69) is 16.8 Å². The van der Waals surface area contributed by atoms with Crippen LogP contribution in [-0.4, -0.2) is 46.7 Å². The molecule has 0 radical (unpaired) electrons. The van der Waals surface area contributed by atoms with Gasteiger partial charge in [0.25, 0.3) is 5.91 Å². The minimum absolute atomic E-state index is 0.107. The SMILES string of the molecule is C=CCN(CC(=O)OCC)C(=O)c1ccc(Cl)nn1. The predicted octanol–water partition coefficient (Wildman–Crippen LogP) is 1.32. The molecule has 0 fully saturated rings. The Morgan fingerprint density at radius 3 is 2.74 bits per heavy atom. The molecular weight excluding hydrogens is 270 g/mol. The summed E-state index contributed by atoms with van der Waals surface area (Å²) in [6.45, 7) is 5.54. The van der Waals surface area contributed by atoms with Crippen LogP contribution >= 0.6 is 11.6 Å². The fourth-order valence-electron chi connectivity index (χ4n) is 1.33. The summed E-state index contributed by atoms with van der Waals surface area (Å²) >= 11 is 5.59. The van der Waals surface area contributed by atoms with Crippen molar-refractivity contribution in [3.8, 4) is 0 Å². The molecule has 0 bridgehead atoms. The van der Waals surface area contributed by atoms with Crippen molar-refractivity contribution in [1.82, 2.24) is 15.1 Å². The number of carbonyl (C=O) groups is 2. The third kappa shape index (κ3) is 4.67. The molecule has 0 unspecified atom stereocenters. The number of ether oxygens (including phenoxy) is 1. The summed E-state index contributed by atoms with van der Waals surface area (Å²) in [5.41, 5.74) is 0.107. The first kappa shape index (κ1) is 15.1. The second kappa shape index (κ2) is 7.48. The molecule has 0 N–H and O–H groups in total. The van der Waals surface area contributed by atoms with Gasteiger partial charge >= 0.3 is 5.97 Å². The van der Waals surface area contributed by atoms with Crippen molar-refractivity contribution in [2.75, 3.05) is 19.7 Å². The smallest absolute Gasteiger partial charge is 0.325 e. The van der Waals surface area contributed by atoms with Crippen LogP contribution in [0.4, 0.5) is 0 Å². The molecule has 1 aromatic heterocycles. The van der Waals surface area contributed by atoms with Crippen molar-refractivity contribution in [2.45, 2.75) is 6.92 Å². The molecule has 6 nitrogen and oxygen atoms in total. The van der Waals surface area contributed by atoms with Crippen LogP contribution in [0.3, 0.4) is 0 Å². The van der Waals surface area contributed by atoms with Gasteiger partial charge in [-0.25, -0.2) is 0 Å². The van der Waals surface area contributed by atoms with Gasteiger partial charge in [-0.15, -0.1) is 16.8 Å². The normalized spacial score (nSPS) is 9.79. The standard InChI is InChI=1S/C12H14ClN3O3/c1-3-7-16(8-11(17)19-4-2)12(18)9-5-6-10(13)15-14-9/h3,5-6H,1,4,7-8H2,2H3. The first-order valence-electron chi connectivity index (χ1n) is 5.63. The van der Waals surface area contributed by atoms with E-state index in [4.69, 9.17) is 16.3 Å². The largest absolute Gasteiger partial charge is 0.465 e. The van der Waals surface area contributed by atoms with Gasteiger partial charge in [0.15, 0.2) is 10.8 Å². The molecule has 1 amide bonds. The van der Waals surface area contributed by atoms with Crippen LogP contribution in [0, 0.1) is 0 Å². The first-order chi connectivity index (χ1) is 9.08. The minimum atomic E-state index is -0.486. The Morgan fingerprint density at radius 2 is 2.21 bits per heavy atom. The molecule has 102 valence electrons. The van der Waals surface area contributed by atoms with Crippen molar-refractivity contribution in [3.05, 3.63) is 35.6 Å². The summed E-state index contributed by atoms with van der Waals surface area (Å²) in [5.74, 6) is -0.920. The number of esters is 1. The molecule has 0 atom stereocenters. The van der Waals surface area contributed by atoms with Gasteiger partial charge in [0, 0.05) is 6.54 Å². The molecule has 0 aliphatic carbocycles. The second-order valence-electron chi connectivity index (χ2n) is 3.52. The van der Waals surface area contributed by atoms with E-state index in [1.54, 1.807) is 6.92 Å². The van der Waals surface area contributed by atoms with Crippen LogP contribution < -0.4 is 0 Å². The van der Waals surface area contributed by atoms with Crippen molar-refractivity contribution < 1.29 is 14.3 Å². The third-order valence-electron chi connectivity index (χ3n) is 2.11. The van der Waals surface area contributed by atoms with Gasteiger partial charge < -0.3 is 9.64 Å². The Balaban J connectivity index is 2.80. The zero-order valence-corrected chi connectivity index (χ0v) is 11.3. The monoisotopic (exact) mass is 283 g/mol. The third-order valence-corrected chi connectivity index (χ3v) is 2.31. The van der Waals surface area contributed by atoms with Crippen molar-refractivity contribution in [3.63, 3.8) is 0 Å². The fourth-order valence-corrected chi connectivity index (χ4v) is 1.43. The Kier molecular flexibility index (Phi) is 5.95. The van der Waals surface area contributed by atoms with Gasteiger partial charge in [0.05, 0.1) is 6.61 Å². The van der Waals surface area contributed by atoms with Crippen LogP contribution in [0.15, 0.2) is 24.8 Å². The lowest BCUT2D eigenvalue weighted by Gasteiger charge is -2.19. The quantitative estimate of drug-likeness (QED) is 0.581. The average molecular weight is 284 g/mol. The second-order valence-corrected chi connectivity index (χ2v) is 3.91. The molecule has 1 rings (SSSR count). The average Bonchev–Trinajstić information content (AvgIpc) is 2.38. The number of hydrogen-bond acceptors (Lipinski definition) is 5. The summed E-state index contributed by atoms with van der Waals surface area (Å²) in [4.78, 5) is 24.8. The highest BCUT2D eigenvalue weighted by molar-refractivity contribution is 6.29. The lowest BCUT2D eigenvalue weighted by atomic mass is 10.3. The topological polar surface area (TPSA) is 72.4 Å². The zero-order chi connectivity index (χ0) is 14.3. The molecule has 7 heteroatoms. The highest BCUT2D eigenvalue weighted by Crippen LogP contribution is 2.05. The van der Waals surface area contributed by atoms with Crippen LogP contribution in [-0.2, 0) is 9.53 Å². The van der Waals surface area contributed by atoms with Gasteiger partial charge in [0.1, 0.15) is 6.54 Å². The first-order valence-corrected chi connectivity index (χ1v) is 6.01. The number of halogens is 1. The molecule has 0 saturated heterocycles. The Morgan fingerprint density at radius 1 is 1.47 bits per heavy atom. The van der Waals surface area contributed by atoms with Crippen molar-refractivity contribution in [2.24, 2.45) is 0 Å². The van der Waals surface area contributed by atoms with Crippen LogP contribution in [0.5, 0.6) is 0 Å². The van der Waals surface area contributed by atoms with Crippen LogP contribution in [0.1, 0.15) is 17.4 Å². The molecule has 0 aromatic carbocycles. The fraction of sp³-hybridized carbons (Fsp3) is 0.333. The van der Waals surface area contributed by atoms with E-state index in [1.165, 1.54) is 23.1 Å². The van der Waals surface area contributed by atoms with Gasteiger partial charge in [-0.3, -0.25) is 9.59 Å². The molecule has 19 heavy (non-hydrogen) atoms. The molecule has 0 saturated carbocycles. The minimum Gasteiger partial charge on any atom is -0.465 e. The number of hydrogen-bond donors (Lipinski definition) is 0. The molecule has 0 spiro atoms. The van der Waals surface area contributed by atoms with Crippen molar-refractivity contribution in [1.29, 1.82) is 0 Å². The lowest BCUT2D eigenvalue weighted by Crippen LogP contribution is -2.37. The van der Waals surface area contributed by atoms with E-state index in [9.17, 15) is 9.59 Å². The molecule has 1 heterocycles. The summed E-state index contributed by atoms with van der Waals surface area (Å²) in [5, 5.41) is 7.45. The highest BCUT2D eigenvalue weighted by Gasteiger charge is 2.19. The molecular formula is C12H14ClN3O3. The van der Waals surface area contributed by atoms with E-state index >= 15 is 0 Å². The van der Waals surface area contributed by atoms with E-state index in [-0.39, 0.29) is 30.5 Å². The van der Waals surface area contributed by atoms with Gasteiger partial charge in [-0.1, -0.05) is 17.7 Å². The van der Waals surface area contributed by atoms with Gasteiger partial charge in [-0.2, -0.15) is 0 Å². The van der Waals surface area contributed by atoms with E-state index in [0.717, 1.165) is 0 Å². The van der Waals surface area contributed by atoms with Crippen LogP contribution in [0.2, 0.25) is 5.15 Å². The Labute approximate surface area is 116 Å². The Bertz CT molecular complexity index is 462. The molecule has 0 aliphatic rings. The Hall–Kier alpha value is -1.95. The molecule has 0 aliphatic heterocycles. The number of carbonyl (C=O) groups excluding carboxylic acids is 2. The summed E-state index contributed by atoms with van der Waals surface area (Å²) < 4.78 is 4.80. The maximum atomic E-state index is 12.1. The van der Waals surface area contributed by atoms with E-state index in [0.29, 0.717) is 0 Å². The van der Waals surface area contributed by atoms with Crippen LogP contribution in [0.25, 0.3) is 0 Å².